The van der Waals surface area contributed by atoms with Gasteiger partial charge in [-0.2, -0.15) is 0 Å². The molecule has 0 fully saturated rings. The first-order valence-electron chi connectivity index (χ1n) is 9.96. The minimum absolute atomic E-state index is 0.247. The molecule has 1 aliphatic heterocycles. The topological polar surface area (TPSA) is 48.7 Å². The Hall–Kier alpha value is -4.05. The summed E-state index contributed by atoms with van der Waals surface area (Å²) >= 11 is 0. The zero-order chi connectivity index (χ0) is 21.5. The van der Waals surface area contributed by atoms with E-state index in [-0.39, 0.29) is 11.5 Å². The second kappa shape index (κ2) is 7.33. The van der Waals surface area contributed by atoms with Crippen LogP contribution in [0.1, 0.15) is 28.6 Å². The van der Waals surface area contributed by atoms with Gasteiger partial charge in [0.1, 0.15) is 22.8 Å². The number of ether oxygens (including phenoxy) is 2. The number of methoxy groups -OCH3 is 1. The Morgan fingerprint density at radius 2 is 1.71 bits per heavy atom. The Kier molecular flexibility index (Phi) is 4.48. The van der Waals surface area contributed by atoms with Crippen molar-refractivity contribution in [2.24, 2.45) is 0 Å². The number of hydrogen-bond acceptors (Lipinski definition) is 4. The maximum Gasteiger partial charge on any atom is 0.232 e. The first kappa shape index (κ1) is 18.9. The van der Waals surface area contributed by atoms with E-state index in [1.165, 1.54) is 0 Å². The molecular formula is C27H20O4. The first-order chi connectivity index (χ1) is 15.1. The molecule has 1 aliphatic rings. The van der Waals surface area contributed by atoms with E-state index in [1.54, 1.807) is 19.2 Å². The number of carbonyl (C=O) groups is 1. The molecular weight excluding hydrogens is 388 g/mol. The van der Waals surface area contributed by atoms with Gasteiger partial charge in [-0.25, -0.2) is 0 Å². The van der Waals surface area contributed by atoms with Crippen LogP contribution in [0.25, 0.3) is 27.7 Å². The standard InChI is InChI=1S/C27H20O4/c1-16-15-17(2)30-26-19(16)13-14-22-24(26)23(18-9-5-4-6-10-18)27(31-22)25(28)20-11-7-8-12-21(20)29-3/h4-15H,2H2,1,3H3. The average molecular weight is 408 g/mol. The maximum atomic E-state index is 13.6. The van der Waals surface area contributed by atoms with Gasteiger partial charge in [0, 0.05) is 11.1 Å². The Labute approximate surface area is 180 Å². The number of fused-ring (bicyclic) bond motifs is 3. The highest BCUT2D eigenvalue weighted by molar-refractivity contribution is 6.18. The van der Waals surface area contributed by atoms with Gasteiger partial charge in [0.2, 0.25) is 5.78 Å². The molecule has 0 saturated carbocycles. The third-order valence-corrected chi connectivity index (χ3v) is 5.46. The molecule has 0 atom stereocenters. The number of carbonyl (C=O) groups excluding carboxylic acids is 1. The predicted octanol–water partition coefficient (Wildman–Crippen LogP) is 6.65. The minimum Gasteiger partial charge on any atom is -0.496 e. The lowest BCUT2D eigenvalue weighted by molar-refractivity contribution is 0.101. The number of allylic oxidation sites excluding steroid dienone is 2. The van der Waals surface area contributed by atoms with Crippen molar-refractivity contribution in [1.29, 1.82) is 0 Å². The second-order valence-electron chi connectivity index (χ2n) is 7.41. The van der Waals surface area contributed by atoms with E-state index in [9.17, 15) is 4.79 Å². The Balaban J connectivity index is 1.84. The van der Waals surface area contributed by atoms with Crippen molar-refractivity contribution in [1.82, 2.24) is 0 Å². The summed E-state index contributed by atoms with van der Waals surface area (Å²) in [6.45, 7) is 5.99. The zero-order valence-electron chi connectivity index (χ0n) is 17.3. The van der Waals surface area contributed by atoms with Gasteiger partial charge < -0.3 is 13.9 Å². The Morgan fingerprint density at radius 1 is 0.968 bits per heavy atom. The van der Waals surface area contributed by atoms with Gasteiger partial charge in [-0.15, -0.1) is 0 Å². The number of rotatable bonds is 4. The normalized spacial score (nSPS) is 12.8. The van der Waals surface area contributed by atoms with Crippen LogP contribution in [0.4, 0.5) is 0 Å². The molecule has 0 bridgehead atoms. The summed E-state index contributed by atoms with van der Waals surface area (Å²) in [6, 6.07) is 20.7. The van der Waals surface area contributed by atoms with E-state index in [0.717, 1.165) is 22.1 Å². The SMILES string of the molecule is C=C1C=C(C)c2ccc3oc(C(=O)c4ccccc4OC)c(-c4ccccc4)c3c2O1. The molecule has 152 valence electrons. The van der Waals surface area contributed by atoms with E-state index in [2.05, 4.69) is 6.58 Å². The van der Waals surface area contributed by atoms with Crippen molar-refractivity contribution in [3.8, 4) is 22.6 Å². The van der Waals surface area contributed by atoms with E-state index in [1.807, 2.05) is 67.6 Å². The van der Waals surface area contributed by atoms with Crippen molar-refractivity contribution in [3.05, 3.63) is 102 Å². The predicted molar refractivity (Wildman–Crippen MR) is 121 cm³/mol. The highest BCUT2D eigenvalue weighted by Crippen LogP contribution is 2.46. The van der Waals surface area contributed by atoms with E-state index in [4.69, 9.17) is 13.9 Å². The Morgan fingerprint density at radius 3 is 2.48 bits per heavy atom. The van der Waals surface area contributed by atoms with Crippen LogP contribution in [0.5, 0.6) is 11.5 Å². The molecule has 0 N–H and O–H groups in total. The largest absolute Gasteiger partial charge is 0.496 e. The van der Waals surface area contributed by atoms with Gasteiger partial charge in [-0.1, -0.05) is 49.0 Å². The van der Waals surface area contributed by atoms with Crippen molar-refractivity contribution < 1.29 is 18.7 Å². The lowest BCUT2D eigenvalue weighted by atomic mass is 9.94. The Bertz CT molecular complexity index is 1370. The molecule has 0 saturated heterocycles. The molecule has 0 radical (unpaired) electrons. The molecule has 0 spiro atoms. The smallest absolute Gasteiger partial charge is 0.232 e. The molecule has 0 unspecified atom stereocenters. The van der Waals surface area contributed by atoms with Crippen LogP contribution in [0.15, 0.2) is 89.6 Å². The molecule has 5 rings (SSSR count). The zero-order valence-corrected chi connectivity index (χ0v) is 17.3. The summed E-state index contributed by atoms with van der Waals surface area (Å²) in [4.78, 5) is 13.6. The second-order valence-corrected chi connectivity index (χ2v) is 7.41. The van der Waals surface area contributed by atoms with Crippen LogP contribution in [-0.2, 0) is 0 Å². The van der Waals surface area contributed by atoms with E-state index < -0.39 is 0 Å². The van der Waals surface area contributed by atoms with Crippen molar-refractivity contribution in [2.75, 3.05) is 7.11 Å². The summed E-state index contributed by atoms with van der Waals surface area (Å²) in [5, 5.41) is 0.760. The average Bonchev–Trinajstić information content (AvgIpc) is 3.19. The summed E-state index contributed by atoms with van der Waals surface area (Å²) < 4.78 is 17.6. The first-order valence-corrected chi connectivity index (χ1v) is 9.96. The molecule has 2 heterocycles. The van der Waals surface area contributed by atoms with Crippen LogP contribution in [-0.4, -0.2) is 12.9 Å². The van der Waals surface area contributed by atoms with Gasteiger partial charge in [0.05, 0.1) is 18.1 Å². The third-order valence-electron chi connectivity index (χ3n) is 5.46. The lowest BCUT2D eigenvalue weighted by Crippen LogP contribution is -2.04. The summed E-state index contributed by atoms with van der Waals surface area (Å²) in [6.07, 6.45) is 1.90. The highest BCUT2D eigenvalue weighted by atomic mass is 16.5. The summed E-state index contributed by atoms with van der Waals surface area (Å²) in [7, 11) is 1.55. The molecule has 3 aromatic carbocycles. The number of ketones is 1. The maximum absolute atomic E-state index is 13.6. The van der Waals surface area contributed by atoms with Gasteiger partial charge >= 0.3 is 0 Å². The molecule has 4 nitrogen and oxygen atoms in total. The van der Waals surface area contributed by atoms with Crippen LogP contribution in [0.2, 0.25) is 0 Å². The van der Waals surface area contributed by atoms with Crippen LogP contribution < -0.4 is 9.47 Å². The summed E-state index contributed by atoms with van der Waals surface area (Å²) in [5.41, 5.74) is 4.59. The fourth-order valence-corrected chi connectivity index (χ4v) is 4.05. The molecule has 31 heavy (non-hydrogen) atoms. The van der Waals surface area contributed by atoms with Crippen LogP contribution >= 0.6 is 0 Å². The fourth-order valence-electron chi connectivity index (χ4n) is 4.05. The van der Waals surface area contributed by atoms with E-state index in [0.29, 0.717) is 34.0 Å². The van der Waals surface area contributed by atoms with Crippen molar-refractivity contribution in [2.45, 2.75) is 6.92 Å². The van der Waals surface area contributed by atoms with Gasteiger partial charge in [0.25, 0.3) is 0 Å². The molecule has 0 aliphatic carbocycles. The molecule has 4 aromatic rings. The summed E-state index contributed by atoms with van der Waals surface area (Å²) in [5.74, 6) is 1.71. The van der Waals surface area contributed by atoms with Crippen molar-refractivity contribution in [3.63, 3.8) is 0 Å². The molecule has 4 heteroatoms. The van der Waals surface area contributed by atoms with Gasteiger partial charge in [0.15, 0.2) is 5.76 Å². The molecule has 1 aromatic heterocycles. The quantitative estimate of drug-likeness (QED) is 0.355. The number of hydrogen-bond donors (Lipinski definition) is 0. The number of benzene rings is 3. The van der Waals surface area contributed by atoms with Crippen LogP contribution in [0, 0.1) is 0 Å². The number of para-hydroxylation sites is 1. The third kappa shape index (κ3) is 3.04. The number of furan rings is 1. The van der Waals surface area contributed by atoms with E-state index >= 15 is 0 Å². The van der Waals surface area contributed by atoms with Crippen molar-refractivity contribution >= 4 is 22.3 Å². The lowest BCUT2D eigenvalue weighted by Gasteiger charge is -2.19. The fraction of sp³-hybridized carbons (Fsp3) is 0.0741. The van der Waals surface area contributed by atoms with Crippen LogP contribution in [0.3, 0.4) is 0 Å². The van der Waals surface area contributed by atoms with Gasteiger partial charge in [-0.05, 0) is 48.4 Å². The van der Waals surface area contributed by atoms with Gasteiger partial charge in [-0.3, -0.25) is 4.79 Å². The molecule has 0 amide bonds. The minimum atomic E-state index is -0.247. The monoisotopic (exact) mass is 408 g/mol. The highest BCUT2D eigenvalue weighted by Gasteiger charge is 2.29.